The highest BCUT2D eigenvalue weighted by atomic mass is 16.6. The Hall–Kier alpha value is -1.43. The summed E-state index contributed by atoms with van der Waals surface area (Å²) in [6, 6.07) is 0. The van der Waals surface area contributed by atoms with E-state index in [9.17, 15) is 9.90 Å². The van der Waals surface area contributed by atoms with Crippen LogP contribution in [0.15, 0.2) is 35.6 Å². The van der Waals surface area contributed by atoms with Gasteiger partial charge in [-0.05, 0) is 62.0 Å². The molecule has 4 rings (SSSR count). The molecule has 27 heavy (non-hydrogen) atoms. The summed E-state index contributed by atoms with van der Waals surface area (Å²) in [6.45, 7) is 0.0873. The molecule has 0 saturated carbocycles. The molecular weight excluding hydrogens is 344 g/mol. The molecule has 0 aromatic heterocycles. The molecule has 1 fully saturated rings. The maximum atomic E-state index is 12.4. The highest BCUT2D eigenvalue weighted by Gasteiger charge is 2.45. The lowest BCUT2D eigenvalue weighted by molar-refractivity contribution is -0.227. The van der Waals surface area contributed by atoms with Crippen molar-refractivity contribution in [2.75, 3.05) is 13.7 Å². The van der Waals surface area contributed by atoms with Crippen LogP contribution >= 0.6 is 0 Å². The number of methoxy groups -OCH3 is 1. The van der Waals surface area contributed by atoms with Gasteiger partial charge < -0.3 is 19.3 Å². The van der Waals surface area contributed by atoms with Crippen molar-refractivity contribution in [3.8, 4) is 0 Å². The minimum Gasteiger partial charge on any atom is -0.490 e. The SMILES string of the molecule is COC1CC=C(C(=O)COC2=CC[C@H]3C4CCC=C[C@H]4C(O)O[C@H]3C2)CC1. The smallest absolute Gasteiger partial charge is 0.195 e. The number of allylic oxidation sites excluding steroid dienone is 2. The number of rotatable bonds is 5. The van der Waals surface area contributed by atoms with Crippen LogP contribution in [0.1, 0.15) is 44.9 Å². The monoisotopic (exact) mass is 374 g/mol. The summed E-state index contributed by atoms with van der Waals surface area (Å²) in [5, 5.41) is 10.4. The van der Waals surface area contributed by atoms with Crippen LogP contribution in [0.25, 0.3) is 0 Å². The zero-order valence-corrected chi connectivity index (χ0v) is 16.0. The minimum atomic E-state index is -0.727. The van der Waals surface area contributed by atoms with Crippen molar-refractivity contribution in [3.63, 3.8) is 0 Å². The number of aliphatic hydroxyl groups excluding tert-OH is 1. The Morgan fingerprint density at radius 1 is 1.26 bits per heavy atom. The second-order valence-electron chi connectivity index (χ2n) is 8.16. The van der Waals surface area contributed by atoms with E-state index in [0.29, 0.717) is 18.3 Å². The van der Waals surface area contributed by atoms with Crippen molar-refractivity contribution in [1.29, 1.82) is 0 Å². The summed E-state index contributed by atoms with van der Waals surface area (Å²) in [6.07, 6.45) is 14.1. The predicted molar refractivity (Wildman–Crippen MR) is 101 cm³/mol. The Morgan fingerprint density at radius 2 is 2.15 bits per heavy atom. The van der Waals surface area contributed by atoms with Crippen molar-refractivity contribution in [2.45, 2.75) is 63.4 Å². The van der Waals surface area contributed by atoms with Crippen molar-refractivity contribution in [2.24, 2.45) is 17.8 Å². The van der Waals surface area contributed by atoms with Crippen LogP contribution in [0.3, 0.4) is 0 Å². The van der Waals surface area contributed by atoms with E-state index in [4.69, 9.17) is 14.2 Å². The molecule has 0 aromatic carbocycles. The number of fused-ring (bicyclic) bond motifs is 3. The fourth-order valence-electron chi connectivity index (χ4n) is 5.05. The molecule has 4 aliphatic rings. The Balaban J connectivity index is 1.33. The molecule has 0 amide bonds. The Morgan fingerprint density at radius 3 is 2.93 bits per heavy atom. The van der Waals surface area contributed by atoms with Crippen LogP contribution in [-0.2, 0) is 19.0 Å². The van der Waals surface area contributed by atoms with Crippen LogP contribution in [0.2, 0.25) is 0 Å². The van der Waals surface area contributed by atoms with E-state index in [0.717, 1.165) is 49.9 Å². The minimum absolute atomic E-state index is 0.0146. The van der Waals surface area contributed by atoms with Crippen molar-refractivity contribution < 1.29 is 24.1 Å². The highest BCUT2D eigenvalue weighted by Crippen LogP contribution is 2.46. The second-order valence-corrected chi connectivity index (χ2v) is 8.16. The second kappa shape index (κ2) is 8.29. The number of carbonyl (C=O) groups excluding carboxylic acids is 1. The average Bonchev–Trinajstić information content (AvgIpc) is 2.72. The fraction of sp³-hybridized carbons (Fsp3) is 0.682. The van der Waals surface area contributed by atoms with Gasteiger partial charge in [0.1, 0.15) is 0 Å². The molecule has 148 valence electrons. The summed E-state index contributed by atoms with van der Waals surface area (Å²) in [4.78, 5) is 12.4. The zero-order valence-electron chi connectivity index (χ0n) is 16.0. The lowest BCUT2D eigenvalue weighted by atomic mass is 9.68. The maximum absolute atomic E-state index is 12.4. The largest absolute Gasteiger partial charge is 0.490 e. The first-order valence-electron chi connectivity index (χ1n) is 10.2. The molecule has 1 saturated heterocycles. The third-order valence-corrected chi connectivity index (χ3v) is 6.65. The van der Waals surface area contributed by atoms with Gasteiger partial charge in [-0.1, -0.05) is 18.2 Å². The summed E-state index contributed by atoms with van der Waals surface area (Å²) >= 11 is 0. The van der Waals surface area contributed by atoms with E-state index in [-0.39, 0.29) is 30.5 Å². The van der Waals surface area contributed by atoms with Gasteiger partial charge in [0.25, 0.3) is 0 Å². The van der Waals surface area contributed by atoms with Gasteiger partial charge in [0.05, 0.1) is 18.0 Å². The summed E-state index contributed by atoms with van der Waals surface area (Å²) < 4.78 is 17.1. The van der Waals surface area contributed by atoms with Crippen LogP contribution in [0.4, 0.5) is 0 Å². The van der Waals surface area contributed by atoms with E-state index in [1.807, 2.05) is 6.08 Å². The normalized spacial score (nSPS) is 38.3. The molecular formula is C22H30O5. The molecule has 1 N–H and O–H groups in total. The third-order valence-electron chi connectivity index (χ3n) is 6.65. The van der Waals surface area contributed by atoms with Gasteiger partial charge in [-0.15, -0.1) is 0 Å². The third kappa shape index (κ3) is 4.05. The van der Waals surface area contributed by atoms with Crippen LogP contribution in [0, 0.1) is 17.8 Å². The molecule has 3 aliphatic carbocycles. The number of ether oxygens (including phenoxy) is 3. The van der Waals surface area contributed by atoms with E-state index in [1.165, 1.54) is 0 Å². The van der Waals surface area contributed by atoms with Gasteiger partial charge in [-0.25, -0.2) is 0 Å². The summed E-state index contributed by atoms with van der Waals surface area (Å²) in [5.74, 6) is 1.91. The molecule has 0 aromatic rings. The van der Waals surface area contributed by atoms with Gasteiger partial charge in [-0.2, -0.15) is 0 Å². The number of Topliss-reactive ketones (excluding diaryl/α,β-unsaturated/α-hetero) is 1. The molecule has 3 unspecified atom stereocenters. The molecule has 1 aliphatic heterocycles. The number of carbonyl (C=O) groups is 1. The van der Waals surface area contributed by atoms with E-state index in [1.54, 1.807) is 7.11 Å². The first kappa shape index (κ1) is 18.9. The Bertz CT molecular complexity index is 649. The quantitative estimate of drug-likeness (QED) is 0.748. The maximum Gasteiger partial charge on any atom is 0.195 e. The van der Waals surface area contributed by atoms with E-state index in [2.05, 4.69) is 18.2 Å². The van der Waals surface area contributed by atoms with Gasteiger partial charge in [0, 0.05) is 19.4 Å². The summed E-state index contributed by atoms with van der Waals surface area (Å²) in [7, 11) is 1.72. The van der Waals surface area contributed by atoms with Crippen LogP contribution in [-0.4, -0.2) is 43.1 Å². The molecule has 0 radical (unpaired) electrons. The molecule has 1 heterocycles. The van der Waals surface area contributed by atoms with Gasteiger partial charge in [0.2, 0.25) is 0 Å². The van der Waals surface area contributed by atoms with Gasteiger partial charge >= 0.3 is 0 Å². The van der Waals surface area contributed by atoms with Crippen molar-refractivity contribution in [1.82, 2.24) is 0 Å². The number of aliphatic hydroxyl groups is 1. The first-order chi connectivity index (χ1) is 13.2. The Kier molecular flexibility index (Phi) is 5.81. The lowest BCUT2D eigenvalue weighted by Crippen LogP contribution is -2.49. The van der Waals surface area contributed by atoms with E-state index < -0.39 is 6.29 Å². The number of ketones is 1. The number of hydrogen-bond donors (Lipinski definition) is 1. The predicted octanol–water partition coefficient (Wildman–Crippen LogP) is 3.29. The van der Waals surface area contributed by atoms with Crippen molar-refractivity contribution in [3.05, 3.63) is 35.6 Å². The average molecular weight is 374 g/mol. The first-order valence-corrected chi connectivity index (χ1v) is 10.2. The van der Waals surface area contributed by atoms with Gasteiger partial charge in [0.15, 0.2) is 18.7 Å². The molecule has 0 spiro atoms. The van der Waals surface area contributed by atoms with Crippen LogP contribution < -0.4 is 0 Å². The number of hydrogen-bond acceptors (Lipinski definition) is 5. The molecule has 0 bridgehead atoms. The zero-order chi connectivity index (χ0) is 18.8. The molecule has 5 heteroatoms. The van der Waals surface area contributed by atoms with Gasteiger partial charge in [-0.3, -0.25) is 4.79 Å². The highest BCUT2D eigenvalue weighted by molar-refractivity contribution is 5.96. The van der Waals surface area contributed by atoms with Crippen LogP contribution in [0.5, 0.6) is 0 Å². The molecule has 6 atom stereocenters. The van der Waals surface area contributed by atoms with Crippen molar-refractivity contribution >= 4 is 5.78 Å². The standard InChI is InChI=1S/C22H30O5/c1-25-15-8-6-14(7-9-15)20(23)13-26-16-10-11-18-17-4-2-3-5-19(17)22(24)27-21(18)12-16/h3,5-6,10,15,17-19,21-22,24H,2,4,7-9,11-13H2,1H3/t15?,17?,18-,19+,21-,22?/m0/s1. The molecule has 5 nitrogen and oxygen atoms in total. The lowest BCUT2D eigenvalue weighted by Gasteiger charge is -2.47. The van der Waals surface area contributed by atoms with E-state index >= 15 is 0 Å². The topological polar surface area (TPSA) is 65.0 Å². The Labute approximate surface area is 161 Å². The summed E-state index contributed by atoms with van der Waals surface area (Å²) in [5.41, 5.74) is 0.860. The fourth-order valence-corrected chi connectivity index (χ4v) is 5.05.